The van der Waals surface area contributed by atoms with Crippen LogP contribution < -0.4 is 0 Å². The highest BCUT2D eigenvalue weighted by Gasteiger charge is 2.32. The van der Waals surface area contributed by atoms with Gasteiger partial charge in [-0.15, -0.1) is 0 Å². The Morgan fingerprint density at radius 1 is 1.27 bits per heavy atom. The largest absolute Gasteiger partial charge is 0.343 e. The molecule has 0 saturated carbocycles. The van der Waals surface area contributed by atoms with Crippen molar-refractivity contribution in [3.8, 4) is 0 Å². The lowest BCUT2D eigenvalue weighted by molar-refractivity contribution is -0.130. The van der Waals surface area contributed by atoms with E-state index < -0.39 is 10.0 Å². The van der Waals surface area contributed by atoms with Crippen LogP contribution >= 0.6 is 31.9 Å². The minimum absolute atomic E-state index is 0.0111. The quantitative estimate of drug-likeness (QED) is 0.706. The van der Waals surface area contributed by atoms with Gasteiger partial charge in [0.15, 0.2) is 0 Å². The number of hydrogen-bond donors (Lipinski definition) is 0. The topological polar surface area (TPSA) is 57.7 Å². The van der Waals surface area contributed by atoms with Crippen LogP contribution in [-0.2, 0) is 14.8 Å². The second kappa shape index (κ2) is 6.98. The highest BCUT2D eigenvalue weighted by Crippen LogP contribution is 2.30. The van der Waals surface area contributed by atoms with Gasteiger partial charge in [-0.25, -0.2) is 8.42 Å². The van der Waals surface area contributed by atoms with E-state index in [0.29, 0.717) is 30.4 Å². The number of halogens is 2. The number of carbonyl (C=O) groups excluding carboxylic acids is 1. The summed E-state index contributed by atoms with van der Waals surface area (Å²) in [5, 5.41) is 0. The molecule has 0 atom stereocenters. The zero-order valence-electron chi connectivity index (χ0n) is 12.4. The van der Waals surface area contributed by atoms with Crippen molar-refractivity contribution in [1.29, 1.82) is 0 Å². The first-order valence-electron chi connectivity index (χ1n) is 6.92. The molecule has 1 aromatic rings. The van der Waals surface area contributed by atoms with Gasteiger partial charge in [-0.05, 0) is 47.0 Å². The van der Waals surface area contributed by atoms with Gasteiger partial charge < -0.3 is 4.90 Å². The molecule has 0 unspecified atom stereocenters. The molecule has 1 aliphatic heterocycles. The summed E-state index contributed by atoms with van der Waals surface area (Å²) in [6, 6.07) is 5.14. The third kappa shape index (κ3) is 3.72. The lowest BCUT2D eigenvalue weighted by atomic mass is 10.1. The van der Waals surface area contributed by atoms with E-state index in [-0.39, 0.29) is 16.8 Å². The van der Waals surface area contributed by atoms with E-state index >= 15 is 0 Å². The number of piperidine rings is 1. The molecule has 1 saturated heterocycles. The zero-order chi connectivity index (χ0) is 16.5. The van der Waals surface area contributed by atoms with Gasteiger partial charge in [0.1, 0.15) is 0 Å². The number of nitrogens with zero attached hydrogens (tertiary/aromatic N) is 2. The summed E-state index contributed by atoms with van der Waals surface area (Å²) >= 11 is 6.64. The second-order valence-electron chi connectivity index (χ2n) is 5.34. The SMILES string of the molecule is CC(=O)N(C)C1CCN(S(=O)(=O)c2ccc(Br)cc2Br)CC1. The highest BCUT2D eigenvalue weighted by atomic mass is 79.9. The molecule has 2 rings (SSSR count). The lowest BCUT2D eigenvalue weighted by Crippen LogP contribution is -2.46. The van der Waals surface area contributed by atoms with Crippen molar-refractivity contribution < 1.29 is 13.2 Å². The first kappa shape index (κ1) is 17.9. The van der Waals surface area contributed by atoms with Gasteiger partial charge >= 0.3 is 0 Å². The molecule has 1 amide bonds. The molecule has 122 valence electrons. The van der Waals surface area contributed by atoms with Gasteiger partial charge in [0.2, 0.25) is 15.9 Å². The van der Waals surface area contributed by atoms with E-state index in [0.717, 1.165) is 4.47 Å². The van der Waals surface area contributed by atoms with Crippen LogP contribution in [0.5, 0.6) is 0 Å². The van der Waals surface area contributed by atoms with Crippen LogP contribution in [0.4, 0.5) is 0 Å². The average molecular weight is 454 g/mol. The first-order chi connectivity index (χ1) is 10.2. The average Bonchev–Trinajstić information content (AvgIpc) is 2.46. The minimum Gasteiger partial charge on any atom is -0.343 e. The van der Waals surface area contributed by atoms with Crippen molar-refractivity contribution in [2.45, 2.75) is 30.7 Å². The molecule has 1 fully saturated rings. The van der Waals surface area contributed by atoms with Crippen LogP contribution in [0.1, 0.15) is 19.8 Å². The van der Waals surface area contributed by atoms with Crippen LogP contribution in [0.15, 0.2) is 32.0 Å². The van der Waals surface area contributed by atoms with E-state index in [1.54, 1.807) is 30.1 Å². The van der Waals surface area contributed by atoms with Gasteiger partial charge in [-0.2, -0.15) is 4.31 Å². The molecule has 8 heteroatoms. The molecule has 5 nitrogen and oxygen atoms in total. The first-order valence-corrected chi connectivity index (χ1v) is 9.94. The Morgan fingerprint density at radius 2 is 1.86 bits per heavy atom. The maximum Gasteiger partial charge on any atom is 0.244 e. The number of benzene rings is 1. The Bertz CT molecular complexity index is 671. The second-order valence-corrected chi connectivity index (χ2v) is 9.02. The molecule has 1 heterocycles. The molecule has 22 heavy (non-hydrogen) atoms. The van der Waals surface area contributed by atoms with Crippen molar-refractivity contribution in [1.82, 2.24) is 9.21 Å². The number of amides is 1. The monoisotopic (exact) mass is 452 g/mol. The molecule has 1 aliphatic rings. The number of rotatable bonds is 3. The Balaban J connectivity index is 2.14. The summed E-state index contributed by atoms with van der Waals surface area (Å²) in [6.07, 6.45) is 1.31. The van der Waals surface area contributed by atoms with Gasteiger partial charge in [0.25, 0.3) is 0 Å². The molecule has 0 aromatic heterocycles. The van der Waals surface area contributed by atoms with Crippen LogP contribution in [0.2, 0.25) is 0 Å². The zero-order valence-corrected chi connectivity index (χ0v) is 16.4. The summed E-state index contributed by atoms with van der Waals surface area (Å²) in [6.45, 7) is 2.38. The predicted octanol–water partition coefficient (Wildman–Crippen LogP) is 2.84. The maximum atomic E-state index is 12.7. The summed E-state index contributed by atoms with van der Waals surface area (Å²) in [5.41, 5.74) is 0. The fourth-order valence-electron chi connectivity index (χ4n) is 2.55. The summed E-state index contributed by atoms with van der Waals surface area (Å²) in [5.74, 6) is 0.0111. The third-order valence-corrected chi connectivity index (χ3v) is 7.35. The van der Waals surface area contributed by atoms with Gasteiger partial charge in [-0.1, -0.05) is 15.9 Å². The highest BCUT2D eigenvalue weighted by molar-refractivity contribution is 9.11. The van der Waals surface area contributed by atoms with Crippen molar-refractivity contribution >= 4 is 47.8 Å². The van der Waals surface area contributed by atoms with E-state index in [1.165, 1.54) is 11.2 Å². The number of carbonyl (C=O) groups is 1. The van der Waals surface area contributed by atoms with Crippen molar-refractivity contribution in [2.75, 3.05) is 20.1 Å². The number of sulfonamides is 1. The van der Waals surface area contributed by atoms with Crippen molar-refractivity contribution in [3.05, 3.63) is 27.1 Å². The molecule has 0 N–H and O–H groups in total. The maximum absolute atomic E-state index is 12.7. The van der Waals surface area contributed by atoms with Crippen LogP contribution in [0.25, 0.3) is 0 Å². The van der Waals surface area contributed by atoms with Gasteiger partial charge in [0.05, 0.1) is 4.90 Å². The van der Waals surface area contributed by atoms with Crippen LogP contribution in [0, 0.1) is 0 Å². The van der Waals surface area contributed by atoms with Crippen LogP contribution in [-0.4, -0.2) is 49.7 Å². The summed E-state index contributed by atoms with van der Waals surface area (Å²) < 4.78 is 28.3. The standard InChI is InChI=1S/C14H18Br2N2O3S/c1-10(19)17(2)12-5-7-18(8-6-12)22(20,21)14-4-3-11(15)9-13(14)16/h3-4,9,12H,5-8H2,1-2H3. The molecule has 0 radical (unpaired) electrons. The molecule has 0 spiro atoms. The Labute approximate surface area is 148 Å². The summed E-state index contributed by atoms with van der Waals surface area (Å²) in [7, 11) is -1.75. The Hall–Kier alpha value is -0.440. The van der Waals surface area contributed by atoms with Gasteiger partial charge in [0, 0.05) is 42.0 Å². The smallest absolute Gasteiger partial charge is 0.244 e. The van der Waals surface area contributed by atoms with E-state index in [1.807, 2.05) is 0 Å². The minimum atomic E-state index is -3.52. The molecular weight excluding hydrogens is 436 g/mol. The Kier molecular flexibility index (Phi) is 5.68. The van der Waals surface area contributed by atoms with E-state index in [9.17, 15) is 13.2 Å². The fourth-order valence-corrected chi connectivity index (χ4v) is 5.73. The third-order valence-electron chi connectivity index (χ3n) is 3.98. The lowest BCUT2D eigenvalue weighted by Gasteiger charge is -2.35. The van der Waals surface area contributed by atoms with Crippen molar-refractivity contribution in [3.63, 3.8) is 0 Å². The number of hydrogen-bond acceptors (Lipinski definition) is 3. The van der Waals surface area contributed by atoms with E-state index in [4.69, 9.17) is 0 Å². The fraction of sp³-hybridized carbons (Fsp3) is 0.500. The molecule has 0 bridgehead atoms. The van der Waals surface area contributed by atoms with Gasteiger partial charge in [-0.3, -0.25) is 4.79 Å². The van der Waals surface area contributed by atoms with Crippen LogP contribution in [0.3, 0.4) is 0 Å². The molecule has 1 aromatic carbocycles. The molecular formula is C14H18Br2N2O3S. The predicted molar refractivity (Wildman–Crippen MR) is 92.1 cm³/mol. The summed E-state index contributed by atoms with van der Waals surface area (Å²) in [4.78, 5) is 13.4. The normalized spacial score (nSPS) is 17.5. The Morgan fingerprint density at radius 3 is 2.36 bits per heavy atom. The molecule has 0 aliphatic carbocycles. The van der Waals surface area contributed by atoms with E-state index in [2.05, 4.69) is 31.9 Å². The van der Waals surface area contributed by atoms with Crippen molar-refractivity contribution in [2.24, 2.45) is 0 Å².